The molecule has 3 aliphatic rings. The number of sulfonamides is 1. The summed E-state index contributed by atoms with van der Waals surface area (Å²) in [6.45, 7) is 3.96. The summed E-state index contributed by atoms with van der Waals surface area (Å²) in [5.41, 5.74) is 6.07. The number of carbonyl (C=O) groups excluding carboxylic acids is 2. The van der Waals surface area contributed by atoms with Crippen molar-refractivity contribution in [1.29, 1.82) is 0 Å². The molecule has 0 radical (unpaired) electrons. The van der Waals surface area contributed by atoms with Gasteiger partial charge < -0.3 is 25.3 Å². The van der Waals surface area contributed by atoms with Gasteiger partial charge in [-0.3, -0.25) is 9.59 Å². The van der Waals surface area contributed by atoms with Crippen LogP contribution in [0.1, 0.15) is 44.1 Å². The van der Waals surface area contributed by atoms with E-state index in [2.05, 4.69) is 32.5 Å². The van der Waals surface area contributed by atoms with E-state index < -0.39 is 21.9 Å². The number of carbonyl (C=O) groups is 2. The molecule has 1 aromatic carbocycles. The summed E-state index contributed by atoms with van der Waals surface area (Å²) in [5, 5.41) is -0.0556. The first kappa shape index (κ1) is 38.1. The number of amides is 2. The van der Waals surface area contributed by atoms with Crippen LogP contribution in [0.2, 0.25) is 5.15 Å². The maximum absolute atomic E-state index is 16.0. The second-order valence-corrected chi connectivity index (χ2v) is 16.1. The van der Waals surface area contributed by atoms with E-state index in [0.29, 0.717) is 55.7 Å². The van der Waals surface area contributed by atoms with E-state index in [1.807, 2.05) is 7.05 Å². The number of benzene rings is 1. The summed E-state index contributed by atoms with van der Waals surface area (Å²) < 4.78 is 60.8. The standard InChI is InChI=1S/C33H45ClF2IN7O4S/c1-40(14-12-38)15-16-42(23-37)32(46)24-4-6-25(7-5-24)33(35,36)26-21-29(34)39-30(22-26)41-17-19-43(20-18-41)49(47,48)28-10-8-27(9-11-28)44-13-2-3-31(44)45/h8-11,21-22,24-25H,2-7,12-20,23,38H2,1H3/t24-,25-. The Morgan fingerprint density at radius 2 is 1.71 bits per heavy atom. The first-order valence-corrected chi connectivity index (χ1v) is 20.1. The summed E-state index contributed by atoms with van der Waals surface area (Å²) in [7, 11) is -1.84. The average Bonchev–Trinajstić information content (AvgIpc) is 3.54. The van der Waals surface area contributed by atoms with Gasteiger partial charge in [0.25, 0.3) is 5.92 Å². The molecular formula is C33H45ClF2IN7O4S. The Bertz CT molecular complexity index is 1570. The number of rotatable bonds is 13. The van der Waals surface area contributed by atoms with Crippen molar-refractivity contribution in [3.63, 3.8) is 0 Å². The molecule has 2 amide bonds. The monoisotopic (exact) mass is 835 g/mol. The number of aromatic nitrogens is 1. The van der Waals surface area contributed by atoms with E-state index in [1.54, 1.807) is 26.8 Å². The van der Waals surface area contributed by atoms with E-state index in [1.165, 1.54) is 28.6 Å². The molecule has 3 heterocycles. The molecule has 270 valence electrons. The Hall–Kier alpha value is -2.18. The highest BCUT2D eigenvalue weighted by Gasteiger charge is 2.45. The number of hydrogen-bond donors (Lipinski definition) is 1. The molecule has 2 N–H and O–H groups in total. The third-order valence-corrected chi connectivity index (χ3v) is 12.8. The predicted molar refractivity (Wildman–Crippen MR) is 195 cm³/mol. The van der Waals surface area contributed by atoms with Crippen molar-refractivity contribution in [2.24, 2.45) is 17.6 Å². The Morgan fingerprint density at radius 3 is 2.31 bits per heavy atom. The fraction of sp³-hybridized carbons (Fsp3) is 0.606. The fourth-order valence-corrected chi connectivity index (χ4v) is 9.22. The third kappa shape index (κ3) is 8.83. The zero-order valence-electron chi connectivity index (χ0n) is 27.7. The summed E-state index contributed by atoms with van der Waals surface area (Å²) >= 11 is 8.46. The minimum atomic E-state index is -3.80. The minimum Gasteiger partial charge on any atom is -0.354 e. The van der Waals surface area contributed by atoms with E-state index >= 15 is 8.78 Å². The lowest BCUT2D eigenvalue weighted by molar-refractivity contribution is -0.138. The van der Waals surface area contributed by atoms with Crippen LogP contribution in [0.25, 0.3) is 0 Å². The van der Waals surface area contributed by atoms with Crippen LogP contribution in [-0.2, 0) is 25.5 Å². The molecule has 2 aromatic rings. The van der Waals surface area contributed by atoms with Crippen LogP contribution in [0.3, 0.4) is 0 Å². The second kappa shape index (κ2) is 16.4. The molecule has 49 heavy (non-hydrogen) atoms. The lowest BCUT2D eigenvalue weighted by Gasteiger charge is -2.37. The fourth-order valence-electron chi connectivity index (χ4n) is 6.91. The molecule has 2 saturated heterocycles. The van der Waals surface area contributed by atoms with Gasteiger partial charge in [-0.15, -0.1) is 0 Å². The molecule has 1 aromatic heterocycles. The Labute approximate surface area is 306 Å². The first-order chi connectivity index (χ1) is 23.3. The molecule has 0 spiro atoms. The van der Waals surface area contributed by atoms with Crippen LogP contribution < -0.4 is 15.5 Å². The van der Waals surface area contributed by atoms with Gasteiger partial charge in [0.05, 0.1) is 9.45 Å². The van der Waals surface area contributed by atoms with Crippen LogP contribution in [0.5, 0.6) is 0 Å². The van der Waals surface area contributed by atoms with Gasteiger partial charge in [-0.05, 0) is 75.5 Å². The minimum absolute atomic E-state index is 0.0169. The highest BCUT2D eigenvalue weighted by atomic mass is 127. The SMILES string of the molecule is CN(CCN)CCN(CI)C(=O)[C@H]1CC[C@H](C(F)(F)c2cc(Cl)nc(N3CCN(S(=O)(=O)c4ccc(N5CCCC5=O)cc4)CC3)c2)CC1. The number of pyridine rings is 1. The van der Waals surface area contributed by atoms with Crippen LogP contribution in [-0.4, -0.2) is 110 Å². The first-order valence-electron chi connectivity index (χ1n) is 16.8. The van der Waals surface area contributed by atoms with Crippen LogP contribution >= 0.6 is 34.2 Å². The van der Waals surface area contributed by atoms with Gasteiger partial charge in [0.2, 0.25) is 21.8 Å². The van der Waals surface area contributed by atoms with Gasteiger partial charge in [0.15, 0.2) is 0 Å². The normalized spacial score (nSPS) is 21.1. The van der Waals surface area contributed by atoms with Gasteiger partial charge in [-0.25, -0.2) is 22.2 Å². The number of piperazine rings is 1. The number of nitrogens with two attached hydrogens (primary N) is 1. The van der Waals surface area contributed by atoms with Crippen LogP contribution in [0, 0.1) is 11.8 Å². The number of nitrogens with zero attached hydrogens (tertiary/aromatic N) is 6. The lowest BCUT2D eigenvalue weighted by atomic mass is 9.77. The van der Waals surface area contributed by atoms with Crippen molar-refractivity contribution < 1.29 is 26.8 Å². The number of alkyl halides is 3. The van der Waals surface area contributed by atoms with Crippen molar-refractivity contribution in [2.75, 3.05) is 80.3 Å². The maximum Gasteiger partial charge on any atom is 0.276 e. The number of likely N-dealkylation sites (N-methyl/N-ethyl adjacent to an activating group) is 1. The molecule has 1 aliphatic carbocycles. The van der Waals surface area contributed by atoms with Crippen molar-refractivity contribution >= 4 is 67.5 Å². The number of hydrogen-bond acceptors (Lipinski definition) is 8. The molecule has 0 bridgehead atoms. The molecule has 2 aliphatic heterocycles. The van der Waals surface area contributed by atoms with Gasteiger partial charge in [0, 0.05) is 88.4 Å². The zero-order chi connectivity index (χ0) is 35.3. The molecule has 11 nitrogen and oxygen atoms in total. The topological polar surface area (TPSA) is 123 Å². The average molecular weight is 836 g/mol. The van der Waals surface area contributed by atoms with E-state index in [0.717, 1.165) is 13.0 Å². The summed E-state index contributed by atoms with van der Waals surface area (Å²) in [4.78, 5) is 37.0. The van der Waals surface area contributed by atoms with Crippen molar-refractivity contribution in [2.45, 2.75) is 49.3 Å². The van der Waals surface area contributed by atoms with Gasteiger partial charge in [0.1, 0.15) is 11.0 Å². The van der Waals surface area contributed by atoms with Gasteiger partial charge in [-0.1, -0.05) is 34.2 Å². The van der Waals surface area contributed by atoms with Crippen molar-refractivity contribution in [1.82, 2.24) is 19.1 Å². The summed E-state index contributed by atoms with van der Waals surface area (Å²) in [6, 6.07) is 8.90. The Balaban J connectivity index is 1.18. The molecule has 16 heteroatoms. The zero-order valence-corrected chi connectivity index (χ0v) is 31.5. The Kier molecular flexibility index (Phi) is 12.8. The second-order valence-electron chi connectivity index (χ2n) is 13.1. The highest BCUT2D eigenvalue weighted by Crippen LogP contribution is 2.46. The quantitative estimate of drug-likeness (QED) is 0.137. The van der Waals surface area contributed by atoms with Crippen molar-refractivity contribution in [3.8, 4) is 0 Å². The predicted octanol–water partition coefficient (Wildman–Crippen LogP) is 4.38. The van der Waals surface area contributed by atoms with Gasteiger partial charge >= 0.3 is 0 Å². The van der Waals surface area contributed by atoms with E-state index in [4.69, 9.17) is 17.3 Å². The molecule has 5 rings (SSSR count). The largest absolute Gasteiger partial charge is 0.354 e. The Morgan fingerprint density at radius 1 is 1.04 bits per heavy atom. The molecular weight excluding hydrogens is 791 g/mol. The molecule has 3 fully saturated rings. The van der Waals surface area contributed by atoms with E-state index in [-0.39, 0.29) is 78.2 Å². The molecule has 0 unspecified atom stereocenters. The molecule has 0 atom stereocenters. The van der Waals surface area contributed by atoms with Crippen LogP contribution in [0.15, 0.2) is 41.3 Å². The van der Waals surface area contributed by atoms with Crippen LogP contribution in [0.4, 0.5) is 20.3 Å². The lowest BCUT2D eigenvalue weighted by Crippen LogP contribution is -2.49. The van der Waals surface area contributed by atoms with Gasteiger partial charge in [-0.2, -0.15) is 4.31 Å². The maximum atomic E-state index is 16.0. The number of anilines is 2. The molecule has 1 saturated carbocycles. The summed E-state index contributed by atoms with van der Waals surface area (Å²) in [6.07, 6.45) is 2.48. The summed E-state index contributed by atoms with van der Waals surface area (Å²) in [5.74, 6) is -4.08. The smallest absolute Gasteiger partial charge is 0.276 e. The van der Waals surface area contributed by atoms with Crippen molar-refractivity contribution in [3.05, 3.63) is 47.1 Å². The third-order valence-electron chi connectivity index (χ3n) is 9.90. The highest BCUT2D eigenvalue weighted by molar-refractivity contribution is 14.1. The van der Waals surface area contributed by atoms with E-state index in [9.17, 15) is 18.0 Å². The number of halogens is 4.